The van der Waals surface area contributed by atoms with Crippen LogP contribution in [0.15, 0.2) is 24.3 Å². The van der Waals surface area contributed by atoms with Crippen LogP contribution in [-0.4, -0.2) is 49.2 Å². The molecule has 2 N–H and O–H groups in total. The number of cyclic esters (lactones) is 1. The number of hydrogen-bond donors (Lipinski definition) is 1. The molecule has 1 saturated heterocycles. The summed E-state index contributed by atoms with van der Waals surface area (Å²) in [5, 5.41) is 0. The van der Waals surface area contributed by atoms with Gasteiger partial charge in [-0.15, -0.1) is 0 Å². The van der Waals surface area contributed by atoms with E-state index in [-0.39, 0.29) is 5.56 Å². The third kappa shape index (κ3) is 4.38. The van der Waals surface area contributed by atoms with Crippen molar-refractivity contribution in [2.75, 3.05) is 30.1 Å². The van der Waals surface area contributed by atoms with Crippen molar-refractivity contribution < 1.29 is 23.9 Å². The molecule has 23 heavy (non-hydrogen) atoms. The van der Waals surface area contributed by atoms with Gasteiger partial charge in [0.1, 0.15) is 6.61 Å². The van der Waals surface area contributed by atoms with Crippen LogP contribution < -0.4 is 10.6 Å². The van der Waals surface area contributed by atoms with E-state index in [9.17, 15) is 14.4 Å². The Morgan fingerprint density at radius 1 is 1.39 bits per heavy atom. The van der Waals surface area contributed by atoms with Gasteiger partial charge in [0.2, 0.25) is 0 Å². The van der Waals surface area contributed by atoms with Crippen molar-refractivity contribution in [2.45, 2.75) is 12.5 Å². The minimum atomic E-state index is -0.941. The molecule has 1 aromatic carbocycles. The fourth-order valence-corrected chi connectivity index (χ4v) is 2.54. The molecule has 1 fully saturated rings. The predicted molar refractivity (Wildman–Crippen MR) is 86.5 cm³/mol. The molecule has 124 valence electrons. The molecule has 1 unspecified atom stereocenters. The number of rotatable bonds is 7. The molecule has 0 bridgehead atoms. The van der Waals surface area contributed by atoms with E-state index in [1.54, 1.807) is 12.1 Å². The number of carbonyl (C=O) groups excluding carboxylic acids is 3. The molecule has 0 saturated carbocycles. The summed E-state index contributed by atoms with van der Waals surface area (Å²) in [5.41, 5.74) is 6.17. The number of nitrogens with two attached hydrogens (primary N) is 1. The first-order valence-electron chi connectivity index (χ1n) is 7.06. The van der Waals surface area contributed by atoms with Crippen LogP contribution in [0.3, 0.4) is 0 Å². The SMILES string of the molecule is CSCCC(OC(=O)c1ccc(N2CCOC2=O)cc1)C(N)=O. The summed E-state index contributed by atoms with van der Waals surface area (Å²) in [4.78, 5) is 36.3. The van der Waals surface area contributed by atoms with Gasteiger partial charge in [-0.25, -0.2) is 9.59 Å². The highest BCUT2D eigenvalue weighted by Gasteiger charge is 2.24. The fraction of sp³-hybridized carbons (Fsp3) is 0.400. The highest BCUT2D eigenvalue weighted by atomic mass is 32.2. The number of ether oxygens (including phenoxy) is 2. The van der Waals surface area contributed by atoms with Gasteiger partial charge in [-0.3, -0.25) is 9.69 Å². The zero-order valence-corrected chi connectivity index (χ0v) is 13.5. The first kappa shape index (κ1) is 17.1. The van der Waals surface area contributed by atoms with Crippen LogP contribution in [-0.2, 0) is 14.3 Å². The second-order valence-corrected chi connectivity index (χ2v) is 5.88. The van der Waals surface area contributed by atoms with Crippen LogP contribution in [0.2, 0.25) is 0 Å². The second-order valence-electron chi connectivity index (χ2n) is 4.89. The predicted octanol–water partition coefficient (Wildman–Crippen LogP) is 1.41. The van der Waals surface area contributed by atoms with E-state index in [1.165, 1.54) is 28.8 Å². The standard InChI is InChI=1S/C15H18N2O5S/c1-23-9-6-12(13(16)18)22-14(19)10-2-4-11(5-3-10)17-7-8-21-15(17)20/h2-5,12H,6-9H2,1H3,(H2,16,18). The summed E-state index contributed by atoms with van der Waals surface area (Å²) < 4.78 is 10.0. The highest BCUT2D eigenvalue weighted by molar-refractivity contribution is 7.98. The average molecular weight is 338 g/mol. The number of anilines is 1. The number of primary amides is 1. The molecule has 0 radical (unpaired) electrons. The van der Waals surface area contributed by atoms with E-state index in [0.29, 0.717) is 31.0 Å². The molecule has 0 spiro atoms. The van der Waals surface area contributed by atoms with Gasteiger partial charge >= 0.3 is 12.1 Å². The third-order valence-electron chi connectivity index (χ3n) is 3.33. The number of esters is 1. The van der Waals surface area contributed by atoms with E-state index >= 15 is 0 Å². The summed E-state index contributed by atoms with van der Waals surface area (Å²) in [6, 6.07) is 6.33. The minimum Gasteiger partial charge on any atom is -0.449 e. The van der Waals surface area contributed by atoms with Crippen LogP contribution in [0.4, 0.5) is 10.5 Å². The molecule has 0 aromatic heterocycles. The first-order valence-corrected chi connectivity index (χ1v) is 8.46. The molecule has 1 aromatic rings. The number of amides is 2. The Balaban J connectivity index is 2.01. The molecule has 1 aliphatic heterocycles. The van der Waals surface area contributed by atoms with Crippen molar-refractivity contribution in [1.82, 2.24) is 0 Å². The Morgan fingerprint density at radius 2 is 2.09 bits per heavy atom. The molecular weight excluding hydrogens is 320 g/mol. The van der Waals surface area contributed by atoms with E-state index in [2.05, 4.69) is 0 Å². The molecular formula is C15H18N2O5S. The van der Waals surface area contributed by atoms with Crippen molar-refractivity contribution in [2.24, 2.45) is 5.73 Å². The number of nitrogens with zero attached hydrogens (tertiary/aromatic N) is 1. The normalized spacial score (nSPS) is 15.2. The number of thioether (sulfide) groups is 1. The summed E-state index contributed by atoms with van der Waals surface area (Å²) in [6.45, 7) is 0.819. The van der Waals surface area contributed by atoms with Gasteiger partial charge < -0.3 is 15.2 Å². The van der Waals surface area contributed by atoms with Crippen molar-refractivity contribution in [3.63, 3.8) is 0 Å². The van der Waals surface area contributed by atoms with Gasteiger partial charge in [0.25, 0.3) is 5.91 Å². The van der Waals surface area contributed by atoms with E-state index in [0.717, 1.165) is 0 Å². The van der Waals surface area contributed by atoms with Crippen LogP contribution in [0.1, 0.15) is 16.8 Å². The highest BCUT2D eigenvalue weighted by Crippen LogP contribution is 2.20. The number of carbonyl (C=O) groups is 3. The lowest BCUT2D eigenvalue weighted by molar-refractivity contribution is -0.126. The fourth-order valence-electron chi connectivity index (χ4n) is 2.09. The molecule has 1 atom stereocenters. The number of hydrogen-bond acceptors (Lipinski definition) is 6. The lowest BCUT2D eigenvalue weighted by Crippen LogP contribution is -2.33. The van der Waals surface area contributed by atoms with Gasteiger partial charge in [-0.05, 0) is 36.3 Å². The van der Waals surface area contributed by atoms with E-state index < -0.39 is 24.1 Å². The lowest BCUT2D eigenvalue weighted by Gasteiger charge is -2.15. The maximum absolute atomic E-state index is 12.1. The van der Waals surface area contributed by atoms with E-state index in [4.69, 9.17) is 15.2 Å². The quantitative estimate of drug-likeness (QED) is 0.755. The van der Waals surface area contributed by atoms with Crippen molar-refractivity contribution in [1.29, 1.82) is 0 Å². The van der Waals surface area contributed by atoms with Crippen LogP contribution in [0.5, 0.6) is 0 Å². The molecule has 8 heteroatoms. The Morgan fingerprint density at radius 3 is 2.61 bits per heavy atom. The van der Waals surface area contributed by atoms with Crippen LogP contribution >= 0.6 is 11.8 Å². The molecule has 2 amide bonds. The van der Waals surface area contributed by atoms with Gasteiger partial charge in [-0.1, -0.05) is 0 Å². The maximum atomic E-state index is 12.1. The Hall–Kier alpha value is -2.22. The summed E-state index contributed by atoms with van der Waals surface area (Å²) >= 11 is 1.54. The smallest absolute Gasteiger partial charge is 0.414 e. The molecule has 0 aliphatic carbocycles. The van der Waals surface area contributed by atoms with Gasteiger partial charge in [0.05, 0.1) is 12.1 Å². The largest absolute Gasteiger partial charge is 0.449 e. The molecule has 2 rings (SSSR count). The summed E-state index contributed by atoms with van der Waals surface area (Å²) in [7, 11) is 0. The minimum absolute atomic E-state index is 0.289. The molecule has 1 heterocycles. The molecule has 7 nitrogen and oxygen atoms in total. The second kappa shape index (κ2) is 7.87. The van der Waals surface area contributed by atoms with Crippen LogP contribution in [0.25, 0.3) is 0 Å². The van der Waals surface area contributed by atoms with Crippen molar-refractivity contribution in [3.05, 3.63) is 29.8 Å². The van der Waals surface area contributed by atoms with Crippen molar-refractivity contribution in [3.8, 4) is 0 Å². The first-order chi connectivity index (χ1) is 11.0. The number of benzene rings is 1. The summed E-state index contributed by atoms with van der Waals surface area (Å²) in [5.74, 6) is -0.619. The zero-order chi connectivity index (χ0) is 16.8. The van der Waals surface area contributed by atoms with Gasteiger partial charge in [0, 0.05) is 12.1 Å². The Bertz CT molecular complexity index is 590. The summed E-state index contributed by atoms with van der Waals surface area (Å²) in [6.07, 6.45) is 0.913. The van der Waals surface area contributed by atoms with Crippen molar-refractivity contribution >= 4 is 35.4 Å². The molecule has 1 aliphatic rings. The third-order valence-corrected chi connectivity index (χ3v) is 3.97. The van der Waals surface area contributed by atoms with Gasteiger partial charge in [0.15, 0.2) is 6.10 Å². The van der Waals surface area contributed by atoms with E-state index in [1.807, 2.05) is 6.26 Å². The topological polar surface area (TPSA) is 98.9 Å². The monoisotopic (exact) mass is 338 g/mol. The van der Waals surface area contributed by atoms with Gasteiger partial charge in [-0.2, -0.15) is 11.8 Å². The zero-order valence-electron chi connectivity index (χ0n) is 12.7. The Labute approximate surface area is 138 Å². The average Bonchev–Trinajstić information content (AvgIpc) is 2.97. The maximum Gasteiger partial charge on any atom is 0.414 e. The lowest BCUT2D eigenvalue weighted by atomic mass is 10.2. The van der Waals surface area contributed by atoms with Crippen LogP contribution in [0, 0.1) is 0 Å². The Kier molecular flexibility index (Phi) is 5.86.